The van der Waals surface area contributed by atoms with Crippen molar-refractivity contribution in [2.24, 2.45) is 0 Å². The Hall–Kier alpha value is -8.99. The number of fused-ring (bicyclic) bond motifs is 9. The first-order chi connectivity index (χ1) is 33.7. The average molecular weight is 867 g/mol. The Kier molecular flexibility index (Phi) is 9.36. The largest absolute Gasteiger partial charge is 0.310 e. The van der Waals surface area contributed by atoms with E-state index in [2.05, 4.69) is 235 Å². The van der Waals surface area contributed by atoms with E-state index in [1.54, 1.807) is 0 Å². The van der Waals surface area contributed by atoms with Crippen LogP contribution >= 0.6 is 0 Å². The molecule has 0 amide bonds. The number of rotatable bonds is 7. The number of anilines is 3. The fourth-order valence-electron chi connectivity index (χ4n) is 10.6. The Bertz CT molecular complexity index is 3620. The number of hydrogen-bond donors (Lipinski definition) is 0. The Morgan fingerprint density at radius 2 is 0.632 bits per heavy atom. The second-order valence-corrected chi connectivity index (χ2v) is 17.5. The third kappa shape index (κ3) is 6.41. The molecule has 0 fully saturated rings. The van der Waals surface area contributed by atoms with Gasteiger partial charge >= 0.3 is 0 Å². The molecule has 2 aliphatic rings. The molecule has 0 saturated carbocycles. The normalized spacial score (nSPS) is 12.8. The molecule has 13 rings (SSSR count). The van der Waals surface area contributed by atoms with Crippen molar-refractivity contribution in [1.29, 1.82) is 0 Å². The Morgan fingerprint density at radius 1 is 0.250 bits per heavy atom. The van der Waals surface area contributed by atoms with Crippen LogP contribution in [0, 0.1) is 0 Å². The summed E-state index contributed by atoms with van der Waals surface area (Å²) in [5.41, 5.74) is 20.3. The van der Waals surface area contributed by atoms with Crippen LogP contribution in [0.3, 0.4) is 0 Å². The summed E-state index contributed by atoms with van der Waals surface area (Å²) in [4.78, 5) is 17.8. The van der Waals surface area contributed by atoms with Crippen molar-refractivity contribution < 1.29 is 0 Å². The number of benzene rings is 10. The van der Waals surface area contributed by atoms with Gasteiger partial charge in [-0.1, -0.05) is 218 Å². The van der Waals surface area contributed by atoms with E-state index in [-0.39, 0.29) is 0 Å². The maximum absolute atomic E-state index is 5.17. The van der Waals surface area contributed by atoms with Gasteiger partial charge in [0, 0.05) is 22.4 Å². The van der Waals surface area contributed by atoms with Crippen LogP contribution in [0.4, 0.5) is 17.1 Å². The highest BCUT2D eigenvalue weighted by Crippen LogP contribution is 2.63. The minimum Gasteiger partial charge on any atom is -0.310 e. The summed E-state index contributed by atoms with van der Waals surface area (Å²) in [7, 11) is 0. The molecular weight excluding hydrogens is 825 g/mol. The molecule has 0 unspecified atom stereocenters. The first kappa shape index (κ1) is 39.4. The van der Waals surface area contributed by atoms with E-state index in [0.717, 1.165) is 44.6 Å². The number of para-hydroxylation sites is 2. The second kappa shape index (κ2) is 16.2. The molecule has 11 aromatic rings. The lowest BCUT2D eigenvalue weighted by Gasteiger charge is -2.45. The Balaban J connectivity index is 0.918. The molecule has 0 N–H and O–H groups in total. The zero-order valence-electron chi connectivity index (χ0n) is 37.0. The molecule has 4 nitrogen and oxygen atoms in total. The van der Waals surface area contributed by atoms with E-state index in [0.29, 0.717) is 17.5 Å². The third-order valence-corrected chi connectivity index (χ3v) is 13.7. The van der Waals surface area contributed by atoms with Crippen molar-refractivity contribution in [3.05, 3.63) is 277 Å². The molecule has 318 valence electrons. The molecule has 68 heavy (non-hydrogen) atoms. The van der Waals surface area contributed by atoms with E-state index in [1.807, 2.05) is 24.3 Å². The maximum Gasteiger partial charge on any atom is 0.164 e. The van der Waals surface area contributed by atoms with Crippen LogP contribution in [0.5, 0.6) is 0 Å². The first-order valence-electron chi connectivity index (χ1n) is 23.2. The van der Waals surface area contributed by atoms with Gasteiger partial charge in [-0.25, -0.2) is 15.0 Å². The number of aromatic nitrogens is 3. The van der Waals surface area contributed by atoms with Crippen molar-refractivity contribution in [3.63, 3.8) is 0 Å². The lowest BCUT2D eigenvalue weighted by molar-refractivity contribution is 0.753. The van der Waals surface area contributed by atoms with Crippen molar-refractivity contribution in [3.8, 4) is 78.7 Å². The smallest absolute Gasteiger partial charge is 0.164 e. The lowest BCUT2D eigenvalue weighted by Crippen LogP contribution is -2.36. The molecule has 0 atom stereocenters. The van der Waals surface area contributed by atoms with Gasteiger partial charge in [-0.15, -0.1) is 0 Å². The van der Waals surface area contributed by atoms with E-state index >= 15 is 0 Å². The number of nitrogens with zero attached hydrogens (tertiary/aromatic N) is 4. The Morgan fingerprint density at radius 3 is 1.25 bits per heavy atom. The van der Waals surface area contributed by atoms with Crippen molar-refractivity contribution in [2.75, 3.05) is 4.90 Å². The molecule has 0 bridgehead atoms. The van der Waals surface area contributed by atoms with Gasteiger partial charge < -0.3 is 4.90 Å². The van der Waals surface area contributed by atoms with Gasteiger partial charge in [0.25, 0.3) is 0 Å². The maximum atomic E-state index is 5.17. The van der Waals surface area contributed by atoms with Crippen LogP contribution in [-0.4, -0.2) is 15.0 Å². The highest BCUT2D eigenvalue weighted by Gasteiger charge is 2.51. The quantitative estimate of drug-likeness (QED) is 0.160. The number of hydrogen-bond acceptors (Lipinski definition) is 4. The van der Waals surface area contributed by atoms with Gasteiger partial charge in [0.2, 0.25) is 0 Å². The van der Waals surface area contributed by atoms with Crippen LogP contribution in [0.2, 0.25) is 0 Å². The van der Waals surface area contributed by atoms with Gasteiger partial charge in [0.05, 0.1) is 16.8 Å². The molecule has 1 aliphatic carbocycles. The summed E-state index contributed by atoms with van der Waals surface area (Å²) in [6.07, 6.45) is 0. The molecule has 1 aromatic heterocycles. The molecule has 0 saturated heterocycles. The summed E-state index contributed by atoms with van der Waals surface area (Å²) in [6.45, 7) is 0. The average Bonchev–Trinajstić information content (AvgIpc) is 3.72. The van der Waals surface area contributed by atoms with Gasteiger partial charge in [-0.3, -0.25) is 0 Å². The van der Waals surface area contributed by atoms with Crippen LogP contribution < -0.4 is 4.90 Å². The van der Waals surface area contributed by atoms with E-state index in [9.17, 15) is 0 Å². The zero-order chi connectivity index (χ0) is 45.0. The Labute approximate surface area is 396 Å². The van der Waals surface area contributed by atoms with Gasteiger partial charge in [0.15, 0.2) is 17.5 Å². The van der Waals surface area contributed by atoms with Crippen molar-refractivity contribution >= 4 is 17.1 Å². The van der Waals surface area contributed by atoms with Crippen LogP contribution in [-0.2, 0) is 5.41 Å². The third-order valence-electron chi connectivity index (χ3n) is 13.7. The highest BCUT2D eigenvalue weighted by atomic mass is 15.2. The molecule has 1 aliphatic heterocycles. The van der Waals surface area contributed by atoms with E-state index in [1.165, 1.54) is 55.9 Å². The van der Waals surface area contributed by atoms with Crippen LogP contribution in [0.15, 0.2) is 255 Å². The molecule has 10 aromatic carbocycles. The summed E-state index contributed by atoms with van der Waals surface area (Å²) >= 11 is 0. The van der Waals surface area contributed by atoms with Crippen LogP contribution in [0.25, 0.3) is 78.7 Å². The fourth-order valence-corrected chi connectivity index (χ4v) is 10.6. The van der Waals surface area contributed by atoms with E-state index < -0.39 is 5.41 Å². The molecule has 4 heteroatoms. The zero-order valence-corrected chi connectivity index (χ0v) is 37.0. The van der Waals surface area contributed by atoms with Crippen LogP contribution in [0.1, 0.15) is 22.3 Å². The summed E-state index contributed by atoms with van der Waals surface area (Å²) < 4.78 is 0. The standard InChI is InChI=1S/C64H42N4/c1-4-17-43(18-5-1)44-31-33-45(34-32-44)49-21-16-22-51(41-49)63-66-61(47-19-6-2-7-20-47)65-62(67-63)48-37-35-46(36-38-48)50-39-40-60-58(42-50)64(55-27-12-10-25-53(55)54-26-11-13-28-56(54)64)57-29-14-15-30-59(57)68(60)52-23-8-3-9-24-52/h1-42H. The summed E-state index contributed by atoms with van der Waals surface area (Å²) in [5.74, 6) is 1.88. The van der Waals surface area contributed by atoms with Crippen molar-refractivity contribution in [2.45, 2.75) is 5.41 Å². The van der Waals surface area contributed by atoms with E-state index in [4.69, 9.17) is 15.0 Å². The summed E-state index contributed by atoms with van der Waals surface area (Å²) in [6, 6.07) is 91.3. The van der Waals surface area contributed by atoms with Gasteiger partial charge in [0.1, 0.15) is 0 Å². The topological polar surface area (TPSA) is 41.9 Å². The monoisotopic (exact) mass is 866 g/mol. The molecule has 1 spiro atoms. The first-order valence-corrected chi connectivity index (χ1v) is 23.2. The lowest BCUT2D eigenvalue weighted by atomic mass is 9.64. The van der Waals surface area contributed by atoms with Gasteiger partial charge in [-0.05, 0) is 103 Å². The minimum absolute atomic E-state index is 0.529. The predicted molar refractivity (Wildman–Crippen MR) is 278 cm³/mol. The fraction of sp³-hybridized carbons (Fsp3) is 0.0156. The SMILES string of the molecule is c1ccc(-c2ccc(-c3cccc(-c4nc(-c5ccccc5)nc(-c5ccc(-c6ccc7c(c6)C6(c8ccccc8-c8ccccc86)c6ccccc6N7c6ccccc6)cc5)n4)c3)cc2)cc1. The highest BCUT2D eigenvalue weighted by molar-refractivity contribution is 5.96. The minimum atomic E-state index is -0.529. The molecule has 2 heterocycles. The molecular formula is C64H42N4. The second-order valence-electron chi connectivity index (χ2n) is 17.5. The predicted octanol–water partition coefficient (Wildman–Crippen LogP) is 16.0. The molecule has 0 radical (unpaired) electrons. The van der Waals surface area contributed by atoms with Gasteiger partial charge in [-0.2, -0.15) is 0 Å². The van der Waals surface area contributed by atoms with Crippen molar-refractivity contribution in [1.82, 2.24) is 15.0 Å². The summed E-state index contributed by atoms with van der Waals surface area (Å²) in [5, 5.41) is 0.